The van der Waals surface area contributed by atoms with E-state index in [1.807, 2.05) is 13.8 Å². The number of rotatable bonds is 2. The number of hydrogen-bond acceptors (Lipinski definition) is 2. The summed E-state index contributed by atoms with van der Waals surface area (Å²) in [6.45, 7) is 5.99. The van der Waals surface area contributed by atoms with Crippen molar-refractivity contribution in [3.8, 4) is 0 Å². The van der Waals surface area contributed by atoms with E-state index in [2.05, 4.69) is 6.08 Å². The number of amides is 2. The molecule has 0 aliphatic carbocycles. The van der Waals surface area contributed by atoms with Crippen LogP contribution in [0.15, 0.2) is 11.6 Å². The predicted molar refractivity (Wildman–Crippen MR) is 48.0 cm³/mol. The molecule has 2 aliphatic heterocycles. The molecule has 0 aromatic rings. The highest BCUT2D eigenvalue weighted by Gasteiger charge is 2.40. The Morgan fingerprint density at radius 3 is 3.15 bits per heavy atom. The zero-order chi connectivity index (χ0) is 9.42. The minimum Gasteiger partial charge on any atom is -0.317 e. The largest absolute Gasteiger partial charge is 0.344 e. The second kappa shape index (κ2) is 3.03. The molecule has 72 valence electrons. The van der Waals surface area contributed by atoms with Gasteiger partial charge in [-0.3, -0.25) is 4.84 Å². The molecule has 0 spiro atoms. The first-order valence-electron chi connectivity index (χ1n) is 4.61. The first-order valence-corrected chi connectivity index (χ1v) is 4.61. The predicted octanol–water partition coefficient (Wildman–Crippen LogP) is 1.00. The molecular weight excluding hydrogens is 168 g/mol. The zero-order valence-corrected chi connectivity index (χ0v) is 7.99. The van der Waals surface area contributed by atoms with Crippen LogP contribution >= 0.6 is 0 Å². The fourth-order valence-corrected chi connectivity index (χ4v) is 1.79. The zero-order valence-electron chi connectivity index (χ0n) is 7.99. The Balaban J connectivity index is 2.20. The second-order valence-electron chi connectivity index (χ2n) is 3.40. The van der Waals surface area contributed by atoms with Crippen molar-refractivity contribution in [3.63, 3.8) is 0 Å². The van der Waals surface area contributed by atoms with Crippen molar-refractivity contribution in [2.45, 2.75) is 19.9 Å². The maximum atomic E-state index is 11.6. The summed E-state index contributed by atoms with van der Waals surface area (Å²) in [6.07, 6.45) is 2.09. The van der Waals surface area contributed by atoms with Gasteiger partial charge < -0.3 is 4.90 Å². The van der Waals surface area contributed by atoms with Crippen LogP contribution in [0.1, 0.15) is 13.8 Å². The molecule has 0 saturated carbocycles. The highest BCUT2D eigenvalue weighted by atomic mass is 16.7. The lowest BCUT2D eigenvalue weighted by atomic mass is 10.1. The Kier molecular flexibility index (Phi) is 2.00. The van der Waals surface area contributed by atoms with Gasteiger partial charge in [0.2, 0.25) is 0 Å². The summed E-state index contributed by atoms with van der Waals surface area (Å²) in [5.74, 6) is 0. The fourth-order valence-electron chi connectivity index (χ4n) is 1.79. The monoisotopic (exact) mass is 182 g/mol. The molecule has 2 rings (SSSR count). The van der Waals surface area contributed by atoms with Gasteiger partial charge in [-0.1, -0.05) is 6.08 Å². The number of carbonyl (C=O) groups is 1. The van der Waals surface area contributed by atoms with Crippen molar-refractivity contribution >= 4 is 6.03 Å². The van der Waals surface area contributed by atoms with Gasteiger partial charge in [0, 0.05) is 13.1 Å². The lowest BCUT2D eigenvalue weighted by Gasteiger charge is -2.22. The lowest BCUT2D eigenvalue weighted by Crippen LogP contribution is -2.34. The van der Waals surface area contributed by atoms with Crippen molar-refractivity contribution in [3.05, 3.63) is 11.6 Å². The summed E-state index contributed by atoms with van der Waals surface area (Å²) in [6, 6.07) is 0.140. The molecule has 2 amide bonds. The van der Waals surface area contributed by atoms with Crippen molar-refractivity contribution in [2.24, 2.45) is 0 Å². The molecule has 1 fully saturated rings. The summed E-state index contributed by atoms with van der Waals surface area (Å²) >= 11 is 0. The van der Waals surface area contributed by atoms with Gasteiger partial charge in [-0.15, -0.1) is 0 Å². The third-order valence-electron chi connectivity index (χ3n) is 2.56. The molecule has 1 saturated heterocycles. The van der Waals surface area contributed by atoms with Crippen LogP contribution < -0.4 is 0 Å². The molecule has 0 N–H and O–H groups in total. The lowest BCUT2D eigenvalue weighted by molar-refractivity contribution is -0.116. The van der Waals surface area contributed by atoms with Gasteiger partial charge in [0.25, 0.3) is 0 Å². The van der Waals surface area contributed by atoms with Gasteiger partial charge >= 0.3 is 6.03 Å². The van der Waals surface area contributed by atoms with E-state index in [-0.39, 0.29) is 12.1 Å². The molecule has 0 aromatic heterocycles. The van der Waals surface area contributed by atoms with Crippen LogP contribution in [0, 0.1) is 0 Å². The fraction of sp³-hybridized carbons (Fsp3) is 0.667. The Morgan fingerprint density at radius 1 is 1.69 bits per heavy atom. The third kappa shape index (κ3) is 1.21. The van der Waals surface area contributed by atoms with Gasteiger partial charge in [-0.25, -0.2) is 4.79 Å². The van der Waals surface area contributed by atoms with Gasteiger partial charge in [0.05, 0.1) is 12.6 Å². The topological polar surface area (TPSA) is 32.8 Å². The maximum absolute atomic E-state index is 11.6. The van der Waals surface area contributed by atoms with E-state index in [0.29, 0.717) is 6.61 Å². The Morgan fingerprint density at radius 2 is 2.46 bits per heavy atom. The van der Waals surface area contributed by atoms with E-state index < -0.39 is 0 Å². The highest BCUT2D eigenvalue weighted by Crippen LogP contribution is 2.25. The average molecular weight is 182 g/mol. The van der Waals surface area contributed by atoms with E-state index in [4.69, 9.17) is 4.84 Å². The van der Waals surface area contributed by atoms with Gasteiger partial charge in [0.15, 0.2) is 0 Å². The summed E-state index contributed by atoms with van der Waals surface area (Å²) < 4.78 is 0. The Hall–Kier alpha value is -1.03. The molecule has 13 heavy (non-hydrogen) atoms. The van der Waals surface area contributed by atoms with E-state index in [1.54, 1.807) is 4.90 Å². The number of hydrogen-bond donors (Lipinski definition) is 0. The van der Waals surface area contributed by atoms with Crippen molar-refractivity contribution in [2.75, 3.05) is 19.7 Å². The minimum absolute atomic E-state index is 0.0000463. The smallest absolute Gasteiger partial charge is 0.317 e. The van der Waals surface area contributed by atoms with Crippen molar-refractivity contribution in [1.82, 2.24) is 9.96 Å². The number of carbonyl (C=O) groups excluding carboxylic acids is 1. The van der Waals surface area contributed by atoms with Crippen LogP contribution in [0.5, 0.6) is 0 Å². The molecule has 0 radical (unpaired) electrons. The van der Waals surface area contributed by atoms with E-state index >= 15 is 0 Å². The van der Waals surface area contributed by atoms with Crippen LogP contribution in [0.2, 0.25) is 0 Å². The first kappa shape index (κ1) is 8.56. The van der Waals surface area contributed by atoms with E-state index in [0.717, 1.165) is 13.1 Å². The number of fused-ring (bicyclic) bond motifs is 2. The molecule has 1 unspecified atom stereocenters. The summed E-state index contributed by atoms with van der Waals surface area (Å²) in [7, 11) is 0. The maximum Gasteiger partial charge on any atom is 0.344 e. The number of hydroxylamine groups is 2. The van der Waals surface area contributed by atoms with Crippen LogP contribution in [-0.4, -0.2) is 41.7 Å². The average Bonchev–Trinajstić information content (AvgIpc) is 2.38. The number of urea groups is 1. The van der Waals surface area contributed by atoms with Gasteiger partial charge in [-0.05, 0) is 19.4 Å². The quantitative estimate of drug-likeness (QED) is 0.597. The summed E-state index contributed by atoms with van der Waals surface area (Å²) in [5.41, 5.74) is 1.23. The SMILES string of the molecule is CCON1C(=O)N2CC=C(C)C1C2. The minimum atomic E-state index is -0.0000463. The van der Waals surface area contributed by atoms with Crippen LogP contribution in [0.4, 0.5) is 4.79 Å². The molecule has 4 heteroatoms. The normalized spacial score (nSPS) is 26.8. The van der Waals surface area contributed by atoms with Crippen LogP contribution in [0.3, 0.4) is 0 Å². The van der Waals surface area contributed by atoms with Crippen LogP contribution in [0.25, 0.3) is 0 Å². The molecule has 2 aliphatic rings. The number of nitrogens with zero attached hydrogens (tertiary/aromatic N) is 2. The summed E-state index contributed by atoms with van der Waals surface area (Å²) in [5, 5.41) is 1.50. The van der Waals surface area contributed by atoms with Gasteiger partial charge in [-0.2, -0.15) is 5.06 Å². The second-order valence-corrected chi connectivity index (χ2v) is 3.40. The highest BCUT2D eigenvalue weighted by molar-refractivity contribution is 5.77. The van der Waals surface area contributed by atoms with Gasteiger partial charge in [0.1, 0.15) is 0 Å². The van der Waals surface area contributed by atoms with E-state index in [9.17, 15) is 4.79 Å². The molecule has 4 nitrogen and oxygen atoms in total. The first-order chi connectivity index (χ1) is 6.24. The van der Waals surface area contributed by atoms with E-state index in [1.165, 1.54) is 10.6 Å². The molecule has 2 bridgehead atoms. The molecule has 2 heterocycles. The van der Waals surface area contributed by atoms with Crippen LogP contribution in [-0.2, 0) is 4.84 Å². The molecular formula is C9H14N2O2. The Bertz CT molecular complexity index is 262. The summed E-state index contributed by atoms with van der Waals surface area (Å²) in [4.78, 5) is 18.7. The molecule has 0 aromatic carbocycles. The standard InChI is InChI=1S/C9H14N2O2/c1-3-13-11-8-6-10(9(11)12)5-4-7(8)2/h4,8H,3,5-6H2,1-2H3. The third-order valence-corrected chi connectivity index (χ3v) is 2.56. The Labute approximate surface area is 77.7 Å². The van der Waals surface area contributed by atoms with Crippen molar-refractivity contribution < 1.29 is 9.63 Å². The molecule has 1 atom stereocenters. The van der Waals surface area contributed by atoms with Crippen molar-refractivity contribution in [1.29, 1.82) is 0 Å².